The zero-order valence-electron chi connectivity index (χ0n) is 12.3. The summed E-state index contributed by atoms with van der Waals surface area (Å²) in [6.45, 7) is 1.67. The maximum atomic E-state index is 11.9. The van der Waals surface area contributed by atoms with E-state index in [0.717, 1.165) is 4.90 Å². The summed E-state index contributed by atoms with van der Waals surface area (Å²) in [6.07, 6.45) is -0.750. The van der Waals surface area contributed by atoms with Gasteiger partial charge in [0.1, 0.15) is 0 Å². The van der Waals surface area contributed by atoms with Crippen LogP contribution in [0.2, 0.25) is 0 Å². The van der Waals surface area contributed by atoms with Gasteiger partial charge >= 0.3 is 0 Å². The lowest BCUT2D eigenvalue weighted by atomic mass is 10.1. The lowest BCUT2D eigenvalue weighted by Gasteiger charge is -2.20. The lowest BCUT2D eigenvalue weighted by molar-refractivity contribution is -0.140. The molecule has 2 rings (SSSR count). The third kappa shape index (κ3) is 3.00. The van der Waals surface area contributed by atoms with Gasteiger partial charge in [0.2, 0.25) is 11.8 Å². The maximum Gasteiger partial charge on any atom is 0.232 e. The molecular formula is C15H19NO5. The summed E-state index contributed by atoms with van der Waals surface area (Å²) in [7, 11) is 3.03. The van der Waals surface area contributed by atoms with E-state index in [9.17, 15) is 14.7 Å². The van der Waals surface area contributed by atoms with Gasteiger partial charge in [0, 0.05) is 12.3 Å². The zero-order valence-corrected chi connectivity index (χ0v) is 12.3. The van der Waals surface area contributed by atoms with Crippen LogP contribution in [-0.4, -0.2) is 42.6 Å². The maximum absolute atomic E-state index is 11.9. The predicted octanol–water partition coefficient (Wildman–Crippen LogP) is 1.13. The number of hydrogen-bond donors (Lipinski definition) is 1. The molecule has 21 heavy (non-hydrogen) atoms. The predicted molar refractivity (Wildman–Crippen MR) is 75.0 cm³/mol. The molecule has 1 saturated heterocycles. The summed E-state index contributed by atoms with van der Waals surface area (Å²) < 4.78 is 10.3. The first-order valence-electron chi connectivity index (χ1n) is 6.72. The van der Waals surface area contributed by atoms with Crippen LogP contribution in [0.5, 0.6) is 11.5 Å². The largest absolute Gasteiger partial charge is 0.493 e. The van der Waals surface area contributed by atoms with Gasteiger partial charge in [-0.3, -0.25) is 14.5 Å². The Morgan fingerprint density at radius 1 is 1.29 bits per heavy atom. The van der Waals surface area contributed by atoms with Gasteiger partial charge in [0.15, 0.2) is 11.5 Å². The van der Waals surface area contributed by atoms with E-state index in [0.29, 0.717) is 17.1 Å². The fourth-order valence-corrected chi connectivity index (χ4v) is 2.38. The van der Waals surface area contributed by atoms with E-state index in [1.54, 1.807) is 25.1 Å². The average molecular weight is 293 g/mol. The minimum Gasteiger partial charge on any atom is -0.493 e. The van der Waals surface area contributed by atoms with Crippen molar-refractivity contribution in [2.75, 3.05) is 20.8 Å². The van der Waals surface area contributed by atoms with Gasteiger partial charge in [-0.25, -0.2) is 0 Å². The fourth-order valence-electron chi connectivity index (χ4n) is 2.38. The molecule has 1 heterocycles. The number of nitrogens with zero attached hydrogens (tertiary/aromatic N) is 1. The van der Waals surface area contributed by atoms with Crippen molar-refractivity contribution in [3.63, 3.8) is 0 Å². The van der Waals surface area contributed by atoms with Crippen LogP contribution in [0.3, 0.4) is 0 Å². The first kappa shape index (κ1) is 15.3. The Hall–Kier alpha value is -2.08. The second-order valence-electron chi connectivity index (χ2n) is 5.08. The standard InChI is InChI=1S/C15H19NO5/c1-9-6-14(18)16(15(9)19)8-11(17)10-4-5-12(20-2)13(7-10)21-3/h4-5,7,9,11,17H,6,8H2,1-3H3. The molecular weight excluding hydrogens is 274 g/mol. The van der Waals surface area contributed by atoms with Crippen LogP contribution in [-0.2, 0) is 9.59 Å². The van der Waals surface area contributed by atoms with E-state index in [1.807, 2.05) is 0 Å². The molecule has 0 radical (unpaired) electrons. The number of carbonyl (C=O) groups excluding carboxylic acids is 2. The van der Waals surface area contributed by atoms with E-state index in [4.69, 9.17) is 9.47 Å². The number of imide groups is 1. The van der Waals surface area contributed by atoms with E-state index >= 15 is 0 Å². The Morgan fingerprint density at radius 3 is 2.48 bits per heavy atom. The van der Waals surface area contributed by atoms with E-state index < -0.39 is 6.10 Å². The van der Waals surface area contributed by atoms with Crippen LogP contribution in [0, 0.1) is 5.92 Å². The van der Waals surface area contributed by atoms with Crippen molar-refractivity contribution >= 4 is 11.8 Å². The van der Waals surface area contributed by atoms with Crippen molar-refractivity contribution in [2.24, 2.45) is 5.92 Å². The summed E-state index contributed by atoms with van der Waals surface area (Å²) in [5.74, 6) is 0.249. The smallest absolute Gasteiger partial charge is 0.232 e. The second-order valence-corrected chi connectivity index (χ2v) is 5.08. The number of benzene rings is 1. The van der Waals surface area contributed by atoms with Gasteiger partial charge in [0.25, 0.3) is 0 Å². The molecule has 0 spiro atoms. The topological polar surface area (TPSA) is 76.1 Å². The average Bonchev–Trinajstić information content (AvgIpc) is 2.72. The molecule has 1 aromatic rings. The summed E-state index contributed by atoms with van der Waals surface area (Å²) in [5, 5.41) is 10.2. The molecule has 0 bridgehead atoms. The molecule has 1 aromatic carbocycles. The highest BCUT2D eigenvalue weighted by atomic mass is 16.5. The number of β-amino-alcohol motifs (C(OH)–C–C–N with tert-alkyl or cyclic N) is 1. The minimum absolute atomic E-state index is 0.0442. The lowest BCUT2D eigenvalue weighted by Crippen LogP contribution is -2.34. The molecule has 1 aliphatic heterocycles. The molecule has 114 valence electrons. The second kappa shape index (κ2) is 6.13. The van der Waals surface area contributed by atoms with Gasteiger partial charge < -0.3 is 14.6 Å². The van der Waals surface area contributed by atoms with Crippen molar-refractivity contribution in [1.82, 2.24) is 4.90 Å². The molecule has 2 amide bonds. The Kier molecular flexibility index (Phi) is 4.47. The third-order valence-corrected chi connectivity index (χ3v) is 3.62. The van der Waals surface area contributed by atoms with Crippen molar-refractivity contribution in [2.45, 2.75) is 19.4 Å². The number of likely N-dealkylation sites (tertiary alicyclic amines) is 1. The van der Waals surface area contributed by atoms with Gasteiger partial charge in [0.05, 0.1) is 26.9 Å². The number of hydrogen-bond acceptors (Lipinski definition) is 5. The Bertz CT molecular complexity index is 557. The summed E-state index contributed by atoms with van der Waals surface area (Å²) >= 11 is 0. The highest BCUT2D eigenvalue weighted by molar-refractivity contribution is 6.03. The van der Waals surface area contributed by atoms with Gasteiger partial charge in [-0.1, -0.05) is 13.0 Å². The van der Waals surface area contributed by atoms with Crippen LogP contribution in [0.4, 0.5) is 0 Å². The molecule has 1 fully saturated rings. The van der Waals surface area contributed by atoms with Crippen LogP contribution in [0.25, 0.3) is 0 Å². The summed E-state index contributed by atoms with van der Waals surface area (Å²) in [4.78, 5) is 24.7. The number of amides is 2. The molecule has 2 unspecified atom stereocenters. The molecule has 0 aromatic heterocycles. The Labute approximate surface area is 123 Å². The van der Waals surface area contributed by atoms with Crippen molar-refractivity contribution in [3.8, 4) is 11.5 Å². The number of aliphatic hydroxyl groups is 1. The SMILES string of the molecule is COc1ccc(C(O)CN2C(=O)CC(C)C2=O)cc1OC. The Balaban J connectivity index is 2.15. The summed E-state index contributed by atoms with van der Waals surface area (Å²) in [5.41, 5.74) is 0.563. The quantitative estimate of drug-likeness (QED) is 0.824. The van der Waals surface area contributed by atoms with E-state index in [2.05, 4.69) is 0 Å². The van der Waals surface area contributed by atoms with Crippen molar-refractivity contribution in [1.29, 1.82) is 0 Å². The number of carbonyl (C=O) groups is 2. The van der Waals surface area contributed by atoms with Crippen molar-refractivity contribution < 1.29 is 24.2 Å². The van der Waals surface area contributed by atoms with Crippen LogP contribution in [0.1, 0.15) is 25.0 Å². The van der Waals surface area contributed by atoms with E-state index in [1.165, 1.54) is 14.2 Å². The first-order valence-corrected chi connectivity index (χ1v) is 6.72. The Morgan fingerprint density at radius 2 is 1.95 bits per heavy atom. The van der Waals surface area contributed by atoms with Crippen LogP contribution < -0.4 is 9.47 Å². The zero-order chi connectivity index (χ0) is 15.6. The monoisotopic (exact) mass is 293 g/mol. The molecule has 0 saturated carbocycles. The number of rotatable bonds is 5. The highest BCUT2D eigenvalue weighted by Gasteiger charge is 2.36. The third-order valence-electron chi connectivity index (χ3n) is 3.62. The fraction of sp³-hybridized carbons (Fsp3) is 0.467. The minimum atomic E-state index is -0.956. The number of methoxy groups -OCH3 is 2. The molecule has 6 nitrogen and oxygen atoms in total. The van der Waals surface area contributed by atoms with Crippen LogP contribution >= 0.6 is 0 Å². The first-order chi connectivity index (χ1) is 9.97. The molecule has 6 heteroatoms. The normalized spacial score (nSPS) is 19.8. The van der Waals surface area contributed by atoms with E-state index in [-0.39, 0.29) is 30.7 Å². The van der Waals surface area contributed by atoms with Gasteiger partial charge in [-0.05, 0) is 17.7 Å². The summed E-state index contributed by atoms with van der Waals surface area (Å²) in [6, 6.07) is 4.99. The van der Waals surface area contributed by atoms with Gasteiger partial charge in [-0.15, -0.1) is 0 Å². The molecule has 0 aliphatic carbocycles. The molecule has 1 aliphatic rings. The molecule has 1 N–H and O–H groups in total. The van der Waals surface area contributed by atoms with Crippen molar-refractivity contribution in [3.05, 3.63) is 23.8 Å². The number of ether oxygens (including phenoxy) is 2. The van der Waals surface area contributed by atoms with Gasteiger partial charge in [-0.2, -0.15) is 0 Å². The molecule has 2 atom stereocenters. The van der Waals surface area contributed by atoms with Crippen LogP contribution in [0.15, 0.2) is 18.2 Å². The number of aliphatic hydroxyl groups excluding tert-OH is 1. The highest BCUT2D eigenvalue weighted by Crippen LogP contribution is 2.31.